The van der Waals surface area contributed by atoms with Crippen LogP contribution in [-0.2, 0) is 9.84 Å². The number of aromatic nitrogens is 1. The Hall–Kier alpha value is -1.05. The first-order valence-corrected chi connectivity index (χ1v) is 12.1. The van der Waals surface area contributed by atoms with Crippen molar-refractivity contribution >= 4 is 39.5 Å². The molecule has 0 N–H and O–H groups in total. The first kappa shape index (κ1) is 15.3. The highest BCUT2D eigenvalue weighted by Gasteiger charge is 2.29. The minimum Gasteiger partial charge on any atom is -0.225 e. The molecule has 2 rings (SSSR count). The molecule has 1 unspecified atom stereocenters. The molecular weight excluding hydrogens is 313 g/mol. The zero-order chi connectivity index (χ0) is 15.0. The van der Waals surface area contributed by atoms with Crippen LogP contribution >= 0.6 is 11.3 Å². The van der Waals surface area contributed by atoms with Gasteiger partial charge in [0, 0.05) is 0 Å². The molecule has 1 atom stereocenters. The number of nitrogens with zero attached hydrogens (tertiary/aromatic N) is 1. The van der Waals surface area contributed by atoms with E-state index in [0.29, 0.717) is 5.52 Å². The molecular formula is C13H16FNO2S2Si. The molecule has 0 fully saturated rings. The van der Waals surface area contributed by atoms with Gasteiger partial charge in [-0.2, -0.15) is 0 Å². The molecule has 0 bridgehead atoms. The largest absolute Gasteiger partial charge is 0.241 e. The predicted octanol–water partition coefficient (Wildman–Crippen LogP) is 3.80. The molecule has 1 heterocycles. The quantitative estimate of drug-likeness (QED) is 0.802. The Balaban J connectivity index is 2.37. The molecule has 108 valence electrons. The van der Waals surface area contributed by atoms with Crippen molar-refractivity contribution in [3.63, 3.8) is 0 Å². The lowest BCUT2D eigenvalue weighted by Crippen LogP contribution is -2.19. The highest BCUT2D eigenvalue weighted by molar-refractivity contribution is 7.94. The summed E-state index contributed by atoms with van der Waals surface area (Å²) in [4.78, 5) is 4.02. The van der Waals surface area contributed by atoms with Gasteiger partial charge < -0.3 is 0 Å². The second-order valence-corrected chi connectivity index (χ2v) is 13.9. The van der Waals surface area contributed by atoms with E-state index >= 15 is 0 Å². The number of thiazole rings is 1. The Morgan fingerprint density at radius 3 is 2.55 bits per heavy atom. The van der Waals surface area contributed by atoms with Gasteiger partial charge in [-0.15, -0.1) is 11.3 Å². The minimum absolute atomic E-state index is 0.161. The zero-order valence-electron chi connectivity index (χ0n) is 11.5. The molecule has 3 nitrogen and oxygen atoms in total. The van der Waals surface area contributed by atoms with E-state index in [1.54, 1.807) is 30.0 Å². The number of benzene rings is 1. The molecule has 0 saturated heterocycles. The SMILES string of the molecule is C[Si](C)(C)/C=C/C(F)S(=O)(=O)c1nc2ccccc2s1. The summed E-state index contributed by atoms with van der Waals surface area (Å²) in [6.45, 7) is 6.04. The van der Waals surface area contributed by atoms with Crippen LogP contribution < -0.4 is 0 Å². The van der Waals surface area contributed by atoms with Gasteiger partial charge in [-0.25, -0.2) is 17.8 Å². The summed E-state index contributed by atoms with van der Waals surface area (Å²) in [6, 6.07) is 7.07. The van der Waals surface area contributed by atoms with Crippen LogP contribution in [-0.4, -0.2) is 27.0 Å². The summed E-state index contributed by atoms with van der Waals surface area (Å²) in [5.74, 6) is 0. The Bertz CT molecular complexity index is 714. The van der Waals surface area contributed by atoms with Crippen LogP contribution in [0.1, 0.15) is 0 Å². The number of hydrogen-bond donors (Lipinski definition) is 0. The van der Waals surface area contributed by atoms with E-state index in [9.17, 15) is 12.8 Å². The van der Waals surface area contributed by atoms with Crippen molar-refractivity contribution in [1.82, 2.24) is 4.98 Å². The van der Waals surface area contributed by atoms with Crippen LogP contribution in [0.25, 0.3) is 10.2 Å². The zero-order valence-corrected chi connectivity index (χ0v) is 14.1. The molecule has 0 amide bonds. The fraction of sp³-hybridized carbons (Fsp3) is 0.308. The van der Waals surface area contributed by atoms with Gasteiger partial charge in [-0.1, -0.05) is 37.5 Å². The molecule has 1 aromatic heterocycles. The van der Waals surface area contributed by atoms with Crippen LogP contribution in [0.2, 0.25) is 19.6 Å². The molecule has 20 heavy (non-hydrogen) atoms. The van der Waals surface area contributed by atoms with E-state index in [1.165, 1.54) is 0 Å². The monoisotopic (exact) mass is 329 g/mol. The van der Waals surface area contributed by atoms with Gasteiger partial charge in [0.15, 0.2) is 0 Å². The molecule has 1 aromatic carbocycles. The number of fused-ring (bicyclic) bond motifs is 1. The number of para-hydroxylation sites is 1. The standard InChI is InChI=1S/C13H16FNO2S2Si/c1-20(2,3)9-8-12(14)19(16,17)13-15-10-6-4-5-7-11(10)18-13/h4-9,12H,1-3H3/b9-8+. The second-order valence-electron chi connectivity index (χ2n) is 5.57. The van der Waals surface area contributed by atoms with Crippen molar-refractivity contribution in [2.45, 2.75) is 29.5 Å². The van der Waals surface area contributed by atoms with E-state index in [0.717, 1.165) is 22.1 Å². The van der Waals surface area contributed by atoms with Crippen molar-refractivity contribution in [2.24, 2.45) is 0 Å². The lowest BCUT2D eigenvalue weighted by molar-refractivity contribution is 0.473. The van der Waals surface area contributed by atoms with Crippen molar-refractivity contribution in [1.29, 1.82) is 0 Å². The van der Waals surface area contributed by atoms with Gasteiger partial charge in [0.25, 0.3) is 0 Å². The molecule has 0 aliphatic rings. The van der Waals surface area contributed by atoms with Crippen LogP contribution in [0.5, 0.6) is 0 Å². The van der Waals surface area contributed by atoms with Gasteiger partial charge in [0.2, 0.25) is 19.7 Å². The van der Waals surface area contributed by atoms with E-state index in [2.05, 4.69) is 4.98 Å². The van der Waals surface area contributed by atoms with Crippen molar-refractivity contribution in [3.8, 4) is 0 Å². The molecule has 7 heteroatoms. The third kappa shape index (κ3) is 3.34. The van der Waals surface area contributed by atoms with Crippen molar-refractivity contribution < 1.29 is 12.8 Å². The lowest BCUT2D eigenvalue weighted by Gasteiger charge is -2.09. The van der Waals surface area contributed by atoms with Gasteiger partial charge in [-0.3, -0.25) is 0 Å². The first-order chi connectivity index (χ1) is 9.20. The highest BCUT2D eigenvalue weighted by Crippen LogP contribution is 2.28. The third-order valence-electron chi connectivity index (χ3n) is 2.56. The maximum Gasteiger partial charge on any atom is 0.241 e. The summed E-state index contributed by atoms with van der Waals surface area (Å²) >= 11 is 1.00. The second kappa shape index (κ2) is 5.38. The summed E-state index contributed by atoms with van der Waals surface area (Å²) in [7, 11) is -5.68. The number of halogens is 1. The number of hydrogen-bond acceptors (Lipinski definition) is 4. The summed E-state index contributed by atoms with van der Waals surface area (Å²) in [5, 5.41) is 0. The van der Waals surface area contributed by atoms with E-state index in [-0.39, 0.29) is 4.34 Å². The Kier molecular flexibility index (Phi) is 4.13. The average molecular weight is 329 g/mol. The number of alkyl halides is 1. The molecule has 0 spiro atoms. The first-order valence-electron chi connectivity index (χ1n) is 6.13. The van der Waals surface area contributed by atoms with Gasteiger partial charge >= 0.3 is 0 Å². The van der Waals surface area contributed by atoms with Crippen LogP contribution in [0.4, 0.5) is 4.39 Å². The van der Waals surface area contributed by atoms with Gasteiger partial charge in [-0.05, 0) is 18.2 Å². The normalized spacial score (nSPS) is 15.0. The van der Waals surface area contributed by atoms with Crippen molar-refractivity contribution in [3.05, 3.63) is 36.0 Å². The van der Waals surface area contributed by atoms with Crippen LogP contribution in [0, 0.1) is 0 Å². The average Bonchev–Trinajstić information content (AvgIpc) is 2.79. The highest BCUT2D eigenvalue weighted by atomic mass is 32.2. The third-order valence-corrected chi connectivity index (χ3v) is 6.86. The summed E-state index contributed by atoms with van der Waals surface area (Å²) < 4.78 is 38.9. The molecule has 0 aliphatic heterocycles. The maximum absolute atomic E-state index is 14.0. The summed E-state index contributed by atoms with van der Waals surface area (Å²) in [6.07, 6.45) is 1.15. The molecule has 0 radical (unpaired) electrons. The molecule has 2 aromatic rings. The van der Waals surface area contributed by atoms with Crippen LogP contribution in [0.3, 0.4) is 0 Å². The maximum atomic E-state index is 14.0. The lowest BCUT2D eigenvalue weighted by atomic mass is 10.3. The topological polar surface area (TPSA) is 47.0 Å². The molecule has 0 saturated carbocycles. The minimum atomic E-state index is -4.05. The van der Waals surface area contributed by atoms with E-state index in [4.69, 9.17) is 0 Å². The summed E-state index contributed by atoms with van der Waals surface area (Å²) in [5.41, 5.74) is 0.245. The van der Waals surface area contributed by atoms with Crippen molar-refractivity contribution in [2.75, 3.05) is 0 Å². The van der Waals surface area contributed by atoms with Gasteiger partial charge in [0.05, 0.1) is 18.3 Å². The fourth-order valence-electron chi connectivity index (χ4n) is 1.54. The van der Waals surface area contributed by atoms with Gasteiger partial charge in [0.1, 0.15) is 0 Å². The van der Waals surface area contributed by atoms with Crippen LogP contribution in [0.15, 0.2) is 40.4 Å². The predicted molar refractivity (Wildman–Crippen MR) is 84.2 cm³/mol. The fourth-order valence-corrected chi connectivity index (χ4v) is 4.83. The smallest absolute Gasteiger partial charge is 0.225 e. The number of rotatable bonds is 4. The number of sulfone groups is 1. The Morgan fingerprint density at radius 2 is 1.95 bits per heavy atom. The van der Waals surface area contributed by atoms with E-state index in [1.807, 2.05) is 19.6 Å². The van der Waals surface area contributed by atoms with E-state index < -0.39 is 23.4 Å². The Labute approximate surface area is 123 Å². The Morgan fingerprint density at radius 1 is 1.30 bits per heavy atom. The molecule has 0 aliphatic carbocycles.